The van der Waals surface area contributed by atoms with Crippen molar-refractivity contribution in [1.82, 2.24) is 5.32 Å². The topological polar surface area (TPSA) is 49.9 Å². The second-order valence-electron chi connectivity index (χ2n) is 14.2. The van der Waals surface area contributed by atoms with Gasteiger partial charge in [-0.15, -0.1) is 0 Å². The van der Waals surface area contributed by atoms with Crippen LogP contribution in [0, 0.1) is 0 Å². The normalized spacial score (nSPS) is 14.4. The van der Waals surface area contributed by atoms with E-state index in [-0.39, 0.29) is 0 Å². The summed E-state index contributed by atoms with van der Waals surface area (Å²) >= 11 is 0. The van der Waals surface area contributed by atoms with Crippen LogP contribution in [-0.2, 0) is 0 Å². The van der Waals surface area contributed by atoms with Crippen LogP contribution in [-0.4, -0.2) is 11.7 Å². The minimum Gasteiger partial charge on any atom is -0.456 e. The van der Waals surface area contributed by atoms with Gasteiger partial charge >= 0.3 is 0 Å². The number of rotatable bonds is 5. The molecule has 0 spiro atoms. The summed E-state index contributed by atoms with van der Waals surface area (Å²) in [5.74, 6) is 1.55. The number of nitrogens with one attached hydrogen (secondary N) is 1. The molecule has 0 fully saturated rings. The Hall–Kier alpha value is -7.30. The summed E-state index contributed by atoms with van der Waals surface area (Å²) in [6.45, 7) is 0. The van der Waals surface area contributed by atoms with Gasteiger partial charge in [0.2, 0.25) is 0 Å². The Balaban J connectivity index is 1.08. The molecule has 2 heterocycles. The lowest BCUT2D eigenvalue weighted by Gasteiger charge is -2.23. The molecule has 0 amide bonds. The Morgan fingerprint density at radius 1 is 0.382 bits per heavy atom. The lowest BCUT2D eigenvalue weighted by Crippen LogP contribution is -2.36. The van der Waals surface area contributed by atoms with Gasteiger partial charge in [0.1, 0.15) is 22.8 Å². The third kappa shape index (κ3) is 5.38. The van der Waals surface area contributed by atoms with Crippen molar-refractivity contribution in [2.45, 2.75) is 6.17 Å². The van der Waals surface area contributed by atoms with Crippen molar-refractivity contribution in [3.05, 3.63) is 205 Å². The highest BCUT2D eigenvalue weighted by Gasteiger charge is 2.25. The summed E-state index contributed by atoms with van der Waals surface area (Å²) in [6.07, 6.45) is -0.523. The maximum atomic E-state index is 6.58. The molecule has 0 bridgehead atoms. The minimum atomic E-state index is -0.523. The molecule has 9 aromatic carbocycles. The molecule has 0 saturated heterocycles. The van der Waals surface area contributed by atoms with Crippen LogP contribution in [0.3, 0.4) is 0 Å². The van der Waals surface area contributed by atoms with Crippen molar-refractivity contribution >= 4 is 65.9 Å². The summed E-state index contributed by atoms with van der Waals surface area (Å²) in [5.41, 5.74) is 9.28. The number of benzene rings is 9. The zero-order chi connectivity index (χ0) is 36.3. The van der Waals surface area contributed by atoms with E-state index in [2.05, 4.69) is 193 Å². The summed E-state index contributed by atoms with van der Waals surface area (Å²) in [7, 11) is 0. The molecular weight excluding hydrogens is 671 g/mol. The van der Waals surface area contributed by atoms with Crippen LogP contribution < -0.4 is 5.32 Å². The summed E-state index contributed by atoms with van der Waals surface area (Å²) in [4.78, 5) is 10.7. The average molecular weight is 704 g/mol. The van der Waals surface area contributed by atoms with Crippen LogP contribution in [0.2, 0.25) is 0 Å². The van der Waals surface area contributed by atoms with Gasteiger partial charge in [0.15, 0.2) is 6.17 Å². The third-order valence-corrected chi connectivity index (χ3v) is 10.9. The molecule has 0 saturated carbocycles. The fraction of sp³-hybridized carbons (Fsp3) is 0.0196. The van der Waals surface area contributed by atoms with Gasteiger partial charge in [-0.05, 0) is 78.8 Å². The molecule has 0 aliphatic carbocycles. The number of furan rings is 1. The van der Waals surface area contributed by atoms with Crippen LogP contribution in [0.4, 0.5) is 0 Å². The maximum absolute atomic E-state index is 6.58. The Morgan fingerprint density at radius 2 is 0.909 bits per heavy atom. The smallest absolute Gasteiger partial charge is 0.170 e. The second-order valence-corrected chi connectivity index (χ2v) is 14.2. The summed E-state index contributed by atoms with van der Waals surface area (Å²) in [5, 5.41) is 13.0. The molecule has 10 aromatic rings. The molecule has 4 heteroatoms. The van der Waals surface area contributed by atoms with E-state index in [4.69, 9.17) is 14.4 Å². The van der Waals surface area contributed by atoms with E-state index in [1.54, 1.807) is 0 Å². The molecule has 11 rings (SSSR count). The predicted molar refractivity (Wildman–Crippen MR) is 229 cm³/mol. The van der Waals surface area contributed by atoms with Crippen molar-refractivity contribution in [2.24, 2.45) is 9.98 Å². The lowest BCUT2D eigenvalue weighted by molar-refractivity contribution is 0.667. The van der Waals surface area contributed by atoms with Crippen LogP contribution in [0.1, 0.15) is 22.9 Å². The van der Waals surface area contributed by atoms with Gasteiger partial charge in [-0.3, -0.25) is 0 Å². The van der Waals surface area contributed by atoms with Gasteiger partial charge in [-0.1, -0.05) is 164 Å². The summed E-state index contributed by atoms with van der Waals surface area (Å²) < 4.78 is 6.58. The second kappa shape index (κ2) is 12.7. The molecule has 1 aromatic heterocycles. The number of fused-ring (bicyclic) bond motifs is 6. The highest BCUT2D eigenvalue weighted by molar-refractivity contribution is 6.18. The van der Waals surface area contributed by atoms with Crippen LogP contribution >= 0.6 is 0 Å². The van der Waals surface area contributed by atoms with E-state index in [1.165, 1.54) is 32.5 Å². The number of nitrogens with zero attached hydrogens (tertiary/aromatic N) is 2. The van der Waals surface area contributed by atoms with Gasteiger partial charge in [0.05, 0.1) is 0 Å². The fourth-order valence-corrected chi connectivity index (χ4v) is 8.21. The van der Waals surface area contributed by atoms with Crippen LogP contribution in [0.5, 0.6) is 0 Å². The number of hydrogen-bond acceptors (Lipinski definition) is 4. The van der Waals surface area contributed by atoms with Crippen molar-refractivity contribution in [3.8, 4) is 22.3 Å². The SMILES string of the molecule is c1ccc2cc(C3=NC(c4cccc5oc6cccc(-c7ccc8ccccc8c7)c6c45)N=C(c4ccc(-c5cccc6ccccc56)cc4)N3)ccc2c1. The number of aliphatic imine (C=N–C) groups is 2. The molecule has 0 radical (unpaired) electrons. The molecular formula is C51H33N3O. The predicted octanol–water partition coefficient (Wildman–Crippen LogP) is 12.9. The first-order valence-electron chi connectivity index (χ1n) is 18.7. The molecule has 1 aliphatic heterocycles. The van der Waals surface area contributed by atoms with Gasteiger partial charge in [-0.25, -0.2) is 9.98 Å². The first-order chi connectivity index (χ1) is 27.2. The zero-order valence-corrected chi connectivity index (χ0v) is 29.8. The van der Waals surface area contributed by atoms with E-state index in [0.717, 1.165) is 72.4 Å². The molecule has 1 unspecified atom stereocenters. The highest BCUT2D eigenvalue weighted by atomic mass is 16.3. The van der Waals surface area contributed by atoms with Crippen molar-refractivity contribution in [2.75, 3.05) is 0 Å². The number of hydrogen-bond donors (Lipinski definition) is 1. The van der Waals surface area contributed by atoms with Crippen LogP contribution in [0.15, 0.2) is 202 Å². The monoisotopic (exact) mass is 703 g/mol. The van der Waals surface area contributed by atoms with Crippen LogP contribution in [0.25, 0.3) is 76.5 Å². The highest BCUT2D eigenvalue weighted by Crippen LogP contribution is 2.42. The standard InChI is InChI=1S/C51H33N3O/c1-3-13-37-30-39(28-22-32(37)10-1)43-18-8-20-45-47(43)48-44(19-9-21-46(48)55-45)51-53-49(52-50(54-51)40-29-23-33-11-2-4-14-38(33)31-40)36-26-24-35(25-27-36)42-17-7-15-34-12-5-6-16-41(34)42/h1-31,51H,(H,52,53,54). The number of amidine groups is 2. The quantitative estimate of drug-likeness (QED) is 0.194. The molecule has 1 aliphatic rings. The third-order valence-electron chi connectivity index (χ3n) is 10.9. The van der Waals surface area contributed by atoms with Crippen molar-refractivity contribution in [3.63, 3.8) is 0 Å². The van der Waals surface area contributed by atoms with Gasteiger partial charge in [0.25, 0.3) is 0 Å². The van der Waals surface area contributed by atoms with E-state index in [9.17, 15) is 0 Å². The van der Waals surface area contributed by atoms with E-state index in [1.807, 2.05) is 0 Å². The Kier molecular flexibility index (Phi) is 7.20. The largest absolute Gasteiger partial charge is 0.456 e. The average Bonchev–Trinajstić information content (AvgIpc) is 3.65. The van der Waals surface area contributed by atoms with E-state index < -0.39 is 6.17 Å². The van der Waals surface area contributed by atoms with Gasteiger partial charge in [-0.2, -0.15) is 0 Å². The van der Waals surface area contributed by atoms with E-state index in [0.29, 0.717) is 0 Å². The lowest BCUT2D eigenvalue weighted by atomic mass is 9.95. The maximum Gasteiger partial charge on any atom is 0.170 e. The van der Waals surface area contributed by atoms with Crippen molar-refractivity contribution < 1.29 is 4.42 Å². The fourth-order valence-electron chi connectivity index (χ4n) is 8.21. The Bertz CT molecular complexity index is 3180. The Morgan fingerprint density at radius 3 is 1.67 bits per heavy atom. The minimum absolute atomic E-state index is 0.523. The summed E-state index contributed by atoms with van der Waals surface area (Å²) in [6, 6.07) is 66.4. The van der Waals surface area contributed by atoms with Gasteiger partial charge < -0.3 is 9.73 Å². The molecule has 1 N–H and O–H groups in total. The van der Waals surface area contributed by atoms with E-state index >= 15 is 0 Å². The molecule has 258 valence electrons. The molecule has 55 heavy (non-hydrogen) atoms. The Labute approximate surface area is 317 Å². The van der Waals surface area contributed by atoms with Crippen molar-refractivity contribution in [1.29, 1.82) is 0 Å². The van der Waals surface area contributed by atoms with Gasteiger partial charge in [0, 0.05) is 27.5 Å². The zero-order valence-electron chi connectivity index (χ0n) is 29.8. The first-order valence-corrected chi connectivity index (χ1v) is 18.7. The first kappa shape index (κ1) is 31.2. The molecule has 4 nitrogen and oxygen atoms in total. The molecule has 1 atom stereocenters.